The first kappa shape index (κ1) is 13.0. The lowest BCUT2D eigenvalue weighted by Gasteiger charge is -2.04. The van der Waals surface area contributed by atoms with Crippen molar-refractivity contribution in [3.8, 4) is 0 Å². The maximum atomic E-state index is 10.4. The van der Waals surface area contributed by atoms with E-state index in [2.05, 4.69) is 0 Å². The van der Waals surface area contributed by atoms with E-state index in [4.69, 9.17) is 19.3 Å². The molecule has 13 heavy (non-hydrogen) atoms. The van der Waals surface area contributed by atoms with Gasteiger partial charge >= 0.3 is 0 Å². The predicted octanol–water partition coefficient (Wildman–Crippen LogP) is -0.712. The van der Waals surface area contributed by atoms with Gasteiger partial charge < -0.3 is 14.2 Å². The Bertz CT molecular complexity index is 134. The van der Waals surface area contributed by atoms with Gasteiger partial charge in [-0.1, -0.05) is 0 Å². The molecule has 0 aliphatic heterocycles. The molecule has 0 amide bonds. The molecule has 0 bridgehead atoms. The Hall–Kier alpha value is -0.0100. The van der Waals surface area contributed by atoms with Crippen molar-refractivity contribution in [1.82, 2.24) is 0 Å². The van der Waals surface area contributed by atoms with Crippen LogP contribution in [0.1, 0.15) is 0 Å². The highest BCUT2D eigenvalue weighted by atomic mass is 32.2. The van der Waals surface area contributed by atoms with Crippen LogP contribution in [-0.4, -0.2) is 50.1 Å². The highest BCUT2D eigenvalue weighted by Crippen LogP contribution is 1.80. The van der Waals surface area contributed by atoms with Gasteiger partial charge in [0.2, 0.25) is 0 Å². The molecule has 80 valence electrons. The summed E-state index contributed by atoms with van der Waals surface area (Å²) in [5.41, 5.74) is 0. The van der Waals surface area contributed by atoms with Gasteiger partial charge in [-0.2, -0.15) is 0 Å². The Kier molecular flexibility index (Phi) is 10.1. The summed E-state index contributed by atoms with van der Waals surface area (Å²) in [6.45, 7) is 2.60. The predicted molar refractivity (Wildman–Crippen MR) is 50.7 cm³/mol. The van der Waals surface area contributed by atoms with Gasteiger partial charge in [0.05, 0.1) is 49.8 Å². The van der Waals surface area contributed by atoms with Gasteiger partial charge in [0, 0.05) is 7.11 Å². The summed E-state index contributed by atoms with van der Waals surface area (Å²) in [4.78, 5) is 0. The fraction of sp³-hybridized carbons (Fsp3) is 1.00. The van der Waals surface area contributed by atoms with Crippen molar-refractivity contribution in [1.29, 1.82) is 0 Å². The maximum absolute atomic E-state index is 10.4. The third kappa shape index (κ3) is 12.0. The van der Waals surface area contributed by atoms with Gasteiger partial charge in [-0.25, -0.2) is 4.21 Å². The van der Waals surface area contributed by atoms with Crippen molar-refractivity contribution < 1.29 is 18.4 Å². The molecule has 0 aliphatic rings. The van der Waals surface area contributed by atoms with Gasteiger partial charge in [-0.3, -0.25) is 5.14 Å². The molecule has 5 nitrogen and oxygen atoms in total. The lowest BCUT2D eigenvalue weighted by atomic mass is 10.7. The highest BCUT2D eigenvalue weighted by Gasteiger charge is 1.92. The molecule has 2 N–H and O–H groups in total. The molecule has 0 saturated heterocycles. The molecule has 0 aromatic heterocycles. The molecule has 0 fully saturated rings. The van der Waals surface area contributed by atoms with Crippen LogP contribution in [0.15, 0.2) is 0 Å². The number of ether oxygens (including phenoxy) is 3. The molecular weight excluding hydrogens is 194 g/mol. The minimum Gasteiger partial charge on any atom is -0.382 e. The van der Waals surface area contributed by atoms with Crippen LogP contribution in [0.3, 0.4) is 0 Å². The first-order valence-corrected chi connectivity index (χ1v) is 5.42. The standard InChI is InChI=1S/C7H17NO4S/c1-10-2-3-11-4-5-12-6-7-13(8)9/h2-8H2,1H3. The van der Waals surface area contributed by atoms with E-state index in [1.165, 1.54) is 0 Å². The fourth-order valence-electron chi connectivity index (χ4n) is 0.605. The molecule has 6 heteroatoms. The average Bonchev–Trinajstić information content (AvgIpc) is 2.09. The molecule has 0 aromatic carbocycles. The van der Waals surface area contributed by atoms with Crippen LogP contribution in [-0.2, 0) is 25.2 Å². The molecule has 0 rings (SSSR count). The fourth-order valence-corrected chi connectivity index (χ4v) is 0.887. The molecule has 1 atom stereocenters. The molecular formula is C7H17NO4S. The SMILES string of the molecule is COCCOCCOCCS(N)=O. The molecule has 0 saturated carbocycles. The summed E-state index contributed by atoms with van der Waals surface area (Å²) in [5.74, 6) is 0.373. The first-order valence-electron chi connectivity index (χ1n) is 4.04. The lowest BCUT2D eigenvalue weighted by Crippen LogP contribution is -2.15. The van der Waals surface area contributed by atoms with E-state index in [1.807, 2.05) is 0 Å². The van der Waals surface area contributed by atoms with Crippen molar-refractivity contribution >= 4 is 11.0 Å². The molecule has 0 heterocycles. The largest absolute Gasteiger partial charge is 0.382 e. The summed E-state index contributed by atoms with van der Waals surface area (Å²) in [6, 6.07) is 0. The van der Waals surface area contributed by atoms with Crippen molar-refractivity contribution in [2.75, 3.05) is 45.9 Å². The van der Waals surface area contributed by atoms with Crippen LogP contribution in [0.4, 0.5) is 0 Å². The van der Waals surface area contributed by atoms with Crippen LogP contribution >= 0.6 is 0 Å². The first-order chi connectivity index (χ1) is 6.27. The van der Waals surface area contributed by atoms with Crippen molar-refractivity contribution in [3.05, 3.63) is 0 Å². The summed E-state index contributed by atoms with van der Waals surface area (Å²) < 4.78 is 25.4. The minimum atomic E-state index is -1.26. The van der Waals surface area contributed by atoms with Gasteiger partial charge in [-0.05, 0) is 0 Å². The number of nitrogens with two attached hydrogens (primary N) is 1. The molecule has 0 spiro atoms. The molecule has 1 unspecified atom stereocenters. The Morgan fingerprint density at radius 2 is 1.62 bits per heavy atom. The van der Waals surface area contributed by atoms with Crippen molar-refractivity contribution in [2.45, 2.75) is 0 Å². The third-order valence-electron chi connectivity index (χ3n) is 1.23. The van der Waals surface area contributed by atoms with Gasteiger partial charge in [-0.15, -0.1) is 0 Å². The summed E-state index contributed by atoms with van der Waals surface area (Å²) in [5, 5.41) is 5.02. The van der Waals surface area contributed by atoms with Gasteiger partial charge in [0.25, 0.3) is 0 Å². The van der Waals surface area contributed by atoms with Crippen molar-refractivity contribution in [3.63, 3.8) is 0 Å². The summed E-state index contributed by atoms with van der Waals surface area (Å²) in [6.07, 6.45) is 0. The topological polar surface area (TPSA) is 70.8 Å². The van der Waals surface area contributed by atoms with E-state index < -0.39 is 11.0 Å². The van der Waals surface area contributed by atoms with Crippen molar-refractivity contribution in [2.24, 2.45) is 5.14 Å². The Morgan fingerprint density at radius 3 is 2.15 bits per heavy atom. The van der Waals surface area contributed by atoms with E-state index in [-0.39, 0.29) is 0 Å². The van der Waals surface area contributed by atoms with Crippen LogP contribution in [0, 0.1) is 0 Å². The second-order valence-electron chi connectivity index (χ2n) is 2.30. The Morgan fingerprint density at radius 1 is 1.08 bits per heavy atom. The zero-order chi connectivity index (χ0) is 9.94. The number of hydrogen-bond acceptors (Lipinski definition) is 4. The van der Waals surface area contributed by atoms with Crippen LogP contribution in [0.2, 0.25) is 0 Å². The molecule has 0 aromatic rings. The van der Waals surface area contributed by atoms with E-state index in [0.717, 1.165) is 0 Å². The lowest BCUT2D eigenvalue weighted by molar-refractivity contribution is 0.0285. The smallest absolute Gasteiger partial charge is 0.0911 e. The van der Waals surface area contributed by atoms with E-state index in [0.29, 0.717) is 38.8 Å². The van der Waals surface area contributed by atoms with E-state index >= 15 is 0 Å². The summed E-state index contributed by atoms with van der Waals surface area (Å²) >= 11 is 0. The zero-order valence-electron chi connectivity index (χ0n) is 7.86. The van der Waals surface area contributed by atoms with Crippen LogP contribution in [0.25, 0.3) is 0 Å². The number of rotatable bonds is 9. The maximum Gasteiger partial charge on any atom is 0.0911 e. The number of hydrogen-bond donors (Lipinski definition) is 1. The molecule has 0 aliphatic carbocycles. The minimum absolute atomic E-state index is 0.373. The third-order valence-corrected chi connectivity index (χ3v) is 1.80. The normalized spacial score (nSPS) is 13.1. The zero-order valence-corrected chi connectivity index (χ0v) is 8.68. The second-order valence-corrected chi connectivity index (χ2v) is 3.47. The Balaban J connectivity index is 2.87. The average molecular weight is 211 g/mol. The van der Waals surface area contributed by atoms with Gasteiger partial charge in [0.1, 0.15) is 0 Å². The quantitative estimate of drug-likeness (QED) is 0.511. The van der Waals surface area contributed by atoms with Gasteiger partial charge in [0.15, 0.2) is 0 Å². The van der Waals surface area contributed by atoms with Crippen LogP contribution in [0.5, 0.6) is 0 Å². The monoisotopic (exact) mass is 211 g/mol. The molecule has 0 radical (unpaired) electrons. The van der Waals surface area contributed by atoms with E-state index in [1.54, 1.807) is 7.11 Å². The van der Waals surface area contributed by atoms with Crippen LogP contribution < -0.4 is 5.14 Å². The number of methoxy groups -OCH3 is 1. The highest BCUT2D eigenvalue weighted by molar-refractivity contribution is 7.82. The van der Waals surface area contributed by atoms with E-state index in [9.17, 15) is 4.21 Å². The Labute approximate surface area is 81.1 Å². The summed E-state index contributed by atoms with van der Waals surface area (Å²) in [7, 11) is 0.360. The second kappa shape index (κ2) is 10.1.